The smallest absolute Gasteiger partial charge is 0.252 e. The highest BCUT2D eigenvalue weighted by Gasteiger charge is 2.14. The Morgan fingerprint density at radius 1 is 1.60 bits per heavy atom. The summed E-state index contributed by atoms with van der Waals surface area (Å²) in [6, 6.07) is 1.29. The highest BCUT2D eigenvalue weighted by Crippen LogP contribution is 2.07. The molecule has 0 saturated carbocycles. The van der Waals surface area contributed by atoms with Crippen LogP contribution in [0.1, 0.15) is 12.8 Å². The SMILES string of the molecule is C=CCN[SiH]1CCCCO1. The predicted molar refractivity (Wildman–Crippen MR) is 45.3 cm³/mol. The molecule has 1 fully saturated rings. The summed E-state index contributed by atoms with van der Waals surface area (Å²) in [4.78, 5) is 3.37. The molecule has 1 N–H and O–H groups in total. The fourth-order valence-corrected chi connectivity index (χ4v) is 3.15. The van der Waals surface area contributed by atoms with E-state index in [0.717, 1.165) is 13.2 Å². The Balaban J connectivity index is 2.07. The maximum absolute atomic E-state index is 5.56. The van der Waals surface area contributed by atoms with Crippen LogP contribution >= 0.6 is 0 Å². The van der Waals surface area contributed by atoms with Crippen molar-refractivity contribution in [3.8, 4) is 0 Å². The number of hydrogen-bond donors (Lipinski definition) is 1. The van der Waals surface area contributed by atoms with Crippen LogP contribution in [-0.4, -0.2) is 22.4 Å². The van der Waals surface area contributed by atoms with Crippen molar-refractivity contribution < 1.29 is 4.43 Å². The van der Waals surface area contributed by atoms with Crippen molar-refractivity contribution in [2.75, 3.05) is 13.2 Å². The lowest BCUT2D eigenvalue weighted by atomic mass is 10.4. The summed E-state index contributed by atoms with van der Waals surface area (Å²) in [6.45, 7) is 5.54. The van der Waals surface area contributed by atoms with Crippen LogP contribution in [0, 0.1) is 0 Å². The van der Waals surface area contributed by atoms with Gasteiger partial charge in [0.2, 0.25) is 0 Å². The van der Waals surface area contributed by atoms with Gasteiger partial charge in [0.05, 0.1) is 0 Å². The average molecular weight is 157 g/mol. The van der Waals surface area contributed by atoms with Crippen molar-refractivity contribution in [1.82, 2.24) is 4.98 Å². The Bertz CT molecular complexity index is 102. The molecule has 1 aliphatic rings. The van der Waals surface area contributed by atoms with Crippen molar-refractivity contribution >= 4 is 9.20 Å². The van der Waals surface area contributed by atoms with Crippen molar-refractivity contribution in [2.45, 2.75) is 18.9 Å². The second-order valence-corrected chi connectivity index (χ2v) is 4.85. The Hall–Kier alpha value is -0.123. The van der Waals surface area contributed by atoms with Crippen LogP contribution in [0.4, 0.5) is 0 Å². The minimum atomic E-state index is -0.965. The molecule has 0 aromatic heterocycles. The summed E-state index contributed by atoms with van der Waals surface area (Å²) in [5, 5.41) is 0. The second kappa shape index (κ2) is 4.66. The molecule has 0 aromatic carbocycles. The first-order chi connectivity index (χ1) is 4.93. The highest BCUT2D eigenvalue weighted by atomic mass is 28.3. The highest BCUT2D eigenvalue weighted by molar-refractivity contribution is 6.49. The molecule has 1 atom stereocenters. The molecule has 1 saturated heterocycles. The van der Waals surface area contributed by atoms with Crippen LogP contribution in [-0.2, 0) is 4.43 Å². The third-order valence-electron chi connectivity index (χ3n) is 1.67. The van der Waals surface area contributed by atoms with Crippen LogP contribution in [0.25, 0.3) is 0 Å². The lowest BCUT2D eigenvalue weighted by molar-refractivity contribution is 0.280. The zero-order valence-electron chi connectivity index (χ0n) is 6.31. The van der Waals surface area contributed by atoms with E-state index < -0.39 is 9.20 Å². The van der Waals surface area contributed by atoms with E-state index in [2.05, 4.69) is 11.6 Å². The standard InChI is InChI=1S/C7H15NOSi/c1-2-5-8-10-7-4-3-6-9-10/h2,8,10H,1,3-7H2. The molecule has 3 heteroatoms. The predicted octanol–water partition coefficient (Wildman–Crippen LogP) is 0.793. The zero-order chi connectivity index (χ0) is 7.23. The molecule has 2 nitrogen and oxygen atoms in total. The fourth-order valence-electron chi connectivity index (χ4n) is 1.12. The van der Waals surface area contributed by atoms with E-state index in [1.54, 1.807) is 0 Å². The van der Waals surface area contributed by atoms with Gasteiger partial charge in [0.1, 0.15) is 0 Å². The summed E-state index contributed by atoms with van der Waals surface area (Å²) >= 11 is 0. The van der Waals surface area contributed by atoms with Crippen molar-refractivity contribution in [3.05, 3.63) is 12.7 Å². The molecular weight excluding hydrogens is 142 g/mol. The average Bonchev–Trinajstić information content (AvgIpc) is 2.03. The van der Waals surface area contributed by atoms with Crippen LogP contribution in [0.15, 0.2) is 12.7 Å². The maximum Gasteiger partial charge on any atom is 0.252 e. The van der Waals surface area contributed by atoms with E-state index in [1.807, 2.05) is 6.08 Å². The van der Waals surface area contributed by atoms with Crippen LogP contribution in [0.2, 0.25) is 6.04 Å². The summed E-state index contributed by atoms with van der Waals surface area (Å²) < 4.78 is 5.56. The van der Waals surface area contributed by atoms with Gasteiger partial charge in [-0.15, -0.1) is 6.58 Å². The Labute approximate surface area is 64.1 Å². The molecular formula is C7H15NOSi. The molecule has 0 aliphatic carbocycles. The van der Waals surface area contributed by atoms with Gasteiger partial charge in [0.25, 0.3) is 9.20 Å². The first-order valence-electron chi connectivity index (χ1n) is 3.89. The molecule has 1 rings (SSSR count). The van der Waals surface area contributed by atoms with E-state index in [4.69, 9.17) is 4.43 Å². The number of hydrogen-bond acceptors (Lipinski definition) is 2. The van der Waals surface area contributed by atoms with Gasteiger partial charge >= 0.3 is 0 Å². The van der Waals surface area contributed by atoms with Gasteiger partial charge < -0.3 is 9.41 Å². The van der Waals surface area contributed by atoms with Gasteiger partial charge in [0.15, 0.2) is 0 Å². The molecule has 1 unspecified atom stereocenters. The normalized spacial score (nSPS) is 26.2. The summed E-state index contributed by atoms with van der Waals surface area (Å²) in [5.41, 5.74) is 0. The Morgan fingerprint density at radius 3 is 3.10 bits per heavy atom. The van der Waals surface area contributed by atoms with E-state index in [-0.39, 0.29) is 0 Å². The van der Waals surface area contributed by atoms with Gasteiger partial charge in [-0.25, -0.2) is 0 Å². The van der Waals surface area contributed by atoms with Gasteiger partial charge in [-0.1, -0.05) is 12.5 Å². The van der Waals surface area contributed by atoms with E-state index in [1.165, 1.54) is 18.9 Å². The Kier molecular flexibility index (Phi) is 3.71. The third kappa shape index (κ3) is 2.64. The van der Waals surface area contributed by atoms with Gasteiger partial charge in [0, 0.05) is 13.2 Å². The molecule has 10 heavy (non-hydrogen) atoms. The molecule has 58 valence electrons. The van der Waals surface area contributed by atoms with Gasteiger partial charge in [-0.2, -0.15) is 0 Å². The van der Waals surface area contributed by atoms with Crippen LogP contribution in [0.5, 0.6) is 0 Å². The number of rotatable bonds is 3. The first-order valence-corrected chi connectivity index (χ1v) is 5.76. The van der Waals surface area contributed by atoms with Crippen molar-refractivity contribution in [3.63, 3.8) is 0 Å². The van der Waals surface area contributed by atoms with Gasteiger partial charge in [-0.3, -0.25) is 0 Å². The van der Waals surface area contributed by atoms with E-state index in [0.29, 0.717) is 0 Å². The third-order valence-corrected chi connectivity index (χ3v) is 3.93. The maximum atomic E-state index is 5.56. The largest absolute Gasteiger partial charge is 0.406 e. The van der Waals surface area contributed by atoms with Crippen molar-refractivity contribution in [2.24, 2.45) is 0 Å². The first kappa shape index (κ1) is 7.98. The monoisotopic (exact) mass is 157 g/mol. The van der Waals surface area contributed by atoms with E-state index in [9.17, 15) is 0 Å². The van der Waals surface area contributed by atoms with Crippen LogP contribution < -0.4 is 4.98 Å². The topological polar surface area (TPSA) is 21.3 Å². The molecule has 0 bridgehead atoms. The lowest BCUT2D eigenvalue weighted by Crippen LogP contribution is -2.39. The van der Waals surface area contributed by atoms with E-state index >= 15 is 0 Å². The fraction of sp³-hybridized carbons (Fsp3) is 0.714. The molecule has 0 amide bonds. The molecule has 0 spiro atoms. The van der Waals surface area contributed by atoms with Crippen LogP contribution in [0.3, 0.4) is 0 Å². The molecule has 1 heterocycles. The molecule has 1 aliphatic heterocycles. The van der Waals surface area contributed by atoms with Gasteiger partial charge in [-0.05, 0) is 12.5 Å². The summed E-state index contributed by atoms with van der Waals surface area (Å²) in [7, 11) is -0.965. The zero-order valence-corrected chi connectivity index (χ0v) is 7.46. The van der Waals surface area contributed by atoms with Crippen molar-refractivity contribution in [1.29, 1.82) is 0 Å². The molecule has 0 aromatic rings. The number of nitrogens with one attached hydrogen (secondary N) is 1. The quantitative estimate of drug-likeness (QED) is 0.483. The molecule has 0 radical (unpaired) electrons. The summed E-state index contributed by atoms with van der Waals surface area (Å²) in [5.74, 6) is 0. The lowest BCUT2D eigenvalue weighted by Gasteiger charge is -2.20. The Morgan fingerprint density at radius 2 is 2.50 bits per heavy atom. The summed E-state index contributed by atoms with van der Waals surface area (Å²) in [6.07, 6.45) is 4.49. The minimum absolute atomic E-state index is 0.914. The minimum Gasteiger partial charge on any atom is -0.406 e. The second-order valence-electron chi connectivity index (χ2n) is 2.55.